The van der Waals surface area contributed by atoms with Crippen LogP contribution in [0.25, 0.3) is 22.3 Å². The average molecular weight is 518 g/mol. The van der Waals surface area contributed by atoms with Crippen molar-refractivity contribution in [1.82, 2.24) is 0 Å². The molecule has 0 aromatic heterocycles. The summed E-state index contributed by atoms with van der Waals surface area (Å²) in [6.07, 6.45) is 0. The number of nitrogens with zero attached hydrogens (tertiary/aromatic N) is 1. The van der Waals surface area contributed by atoms with Crippen molar-refractivity contribution in [2.45, 2.75) is 5.41 Å². The van der Waals surface area contributed by atoms with E-state index in [-0.39, 0.29) is 10.6 Å². The number of nitro benzene ring substituents is 1. The fraction of sp³-hybridized carbons (Fsp3) is 0.0323. The van der Waals surface area contributed by atoms with Gasteiger partial charge in [0.2, 0.25) is 0 Å². The first-order valence-corrected chi connectivity index (χ1v) is 12.2. The first kappa shape index (κ1) is 21.5. The molecule has 0 aliphatic heterocycles. The molecule has 0 amide bonds. The lowest BCUT2D eigenvalue weighted by molar-refractivity contribution is -0.384. The molecule has 0 unspecified atom stereocenters. The molecule has 0 N–H and O–H groups in total. The van der Waals surface area contributed by atoms with Gasteiger partial charge in [-0.25, -0.2) is 0 Å². The van der Waals surface area contributed by atoms with Gasteiger partial charge in [0.25, 0.3) is 5.69 Å². The van der Waals surface area contributed by atoms with Crippen molar-refractivity contribution >= 4 is 21.6 Å². The quantitative estimate of drug-likeness (QED) is 0.174. The third-order valence-corrected chi connectivity index (χ3v) is 7.42. The molecule has 1 aliphatic carbocycles. The second kappa shape index (κ2) is 8.33. The Morgan fingerprint density at radius 2 is 1.23 bits per heavy atom. The van der Waals surface area contributed by atoms with Crippen molar-refractivity contribution in [2.24, 2.45) is 0 Å². The summed E-state index contributed by atoms with van der Waals surface area (Å²) in [6, 6.07) is 40.8. The van der Waals surface area contributed by atoms with E-state index in [0.29, 0.717) is 5.56 Å². The molecule has 168 valence electrons. The van der Waals surface area contributed by atoms with Crippen molar-refractivity contribution in [3.63, 3.8) is 0 Å². The molecule has 0 saturated heterocycles. The van der Waals surface area contributed by atoms with Crippen LogP contribution in [0.5, 0.6) is 0 Å². The van der Waals surface area contributed by atoms with E-state index in [2.05, 4.69) is 94.8 Å². The summed E-state index contributed by atoms with van der Waals surface area (Å²) in [5.41, 5.74) is 8.02. The van der Waals surface area contributed by atoms with Gasteiger partial charge in [0.05, 0.1) is 15.9 Å². The maximum atomic E-state index is 11.7. The normalized spacial score (nSPS) is 13.2. The molecular weight excluding hydrogens is 498 g/mol. The molecule has 3 nitrogen and oxygen atoms in total. The largest absolute Gasteiger partial charge is 0.277 e. The third kappa shape index (κ3) is 3.25. The molecule has 0 radical (unpaired) electrons. The van der Waals surface area contributed by atoms with Crippen LogP contribution in [0.1, 0.15) is 22.3 Å². The Balaban J connectivity index is 1.71. The van der Waals surface area contributed by atoms with Crippen LogP contribution in [0, 0.1) is 10.1 Å². The van der Waals surface area contributed by atoms with E-state index >= 15 is 0 Å². The summed E-state index contributed by atoms with van der Waals surface area (Å²) in [4.78, 5) is 11.4. The van der Waals surface area contributed by atoms with Gasteiger partial charge in [-0.1, -0.05) is 107 Å². The van der Waals surface area contributed by atoms with Gasteiger partial charge >= 0.3 is 0 Å². The summed E-state index contributed by atoms with van der Waals surface area (Å²) in [5, 5.41) is 11.7. The molecule has 4 heteroatoms. The van der Waals surface area contributed by atoms with E-state index in [9.17, 15) is 10.1 Å². The molecule has 0 saturated carbocycles. The van der Waals surface area contributed by atoms with Crippen molar-refractivity contribution < 1.29 is 4.92 Å². The van der Waals surface area contributed by atoms with Gasteiger partial charge in [-0.2, -0.15) is 0 Å². The smallest absolute Gasteiger partial charge is 0.258 e. The van der Waals surface area contributed by atoms with E-state index in [1.807, 2.05) is 30.3 Å². The Hall–Kier alpha value is -4.02. The van der Waals surface area contributed by atoms with Crippen LogP contribution in [0.3, 0.4) is 0 Å². The van der Waals surface area contributed by atoms with Gasteiger partial charge in [-0.3, -0.25) is 10.1 Å². The van der Waals surface area contributed by atoms with Gasteiger partial charge in [-0.15, -0.1) is 0 Å². The number of hydrogen-bond donors (Lipinski definition) is 0. The molecule has 0 bridgehead atoms. The lowest BCUT2D eigenvalue weighted by Crippen LogP contribution is -2.28. The number of benzene rings is 5. The third-order valence-electron chi connectivity index (χ3n) is 6.92. The predicted octanol–water partition coefficient (Wildman–Crippen LogP) is 8.39. The summed E-state index contributed by atoms with van der Waals surface area (Å²) in [7, 11) is 0. The van der Waals surface area contributed by atoms with Crippen LogP contribution >= 0.6 is 15.9 Å². The molecule has 1 aliphatic rings. The minimum absolute atomic E-state index is 0.110. The van der Waals surface area contributed by atoms with Crippen LogP contribution in [0.2, 0.25) is 0 Å². The molecule has 0 fully saturated rings. The number of hydrogen-bond acceptors (Lipinski definition) is 2. The van der Waals surface area contributed by atoms with Crippen molar-refractivity contribution in [1.29, 1.82) is 0 Å². The van der Waals surface area contributed by atoms with E-state index in [4.69, 9.17) is 0 Å². The number of fused-ring (bicyclic) bond motifs is 3. The van der Waals surface area contributed by atoms with E-state index in [0.717, 1.165) is 21.2 Å². The molecule has 5 aromatic carbocycles. The molecule has 0 atom stereocenters. The van der Waals surface area contributed by atoms with Crippen molar-refractivity contribution in [3.05, 3.63) is 158 Å². The average Bonchev–Trinajstić information content (AvgIpc) is 3.19. The van der Waals surface area contributed by atoms with E-state index in [1.54, 1.807) is 12.1 Å². The zero-order valence-corrected chi connectivity index (χ0v) is 20.3. The van der Waals surface area contributed by atoms with E-state index in [1.165, 1.54) is 22.3 Å². The topological polar surface area (TPSA) is 43.1 Å². The Kier molecular flexibility index (Phi) is 5.12. The van der Waals surface area contributed by atoms with Gasteiger partial charge in [-0.05, 0) is 63.2 Å². The first-order valence-electron chi connectivity index (χ1n) is 11.4. The van der Waals surface area contributed by atoms with Crippen LogP contribution < -0.4 is 0 Å². The molecule has 6 rings (SSSR count). The van der Waals surface area contributed by atoms with Crippen LogP contribution in [-0.2, 0) is 5.41 Å². The highest BCUT2D eigenvalue weighted by Gasteiger charge is 2.46. The van der Waals surface area contributed by atoms with Crippen molar-refractivity contribution in [2.75, 3.05) is 0 Å². The highest BCUT2D eigenvalue weighted by molar-refractivity contribution is 9.10. The summed E-state index contributed by atoms with van der Waals surface area (Å²) < 4.78 is 1.01. The summed E-state index contributed by atoms with van der Waals surface area (Å²) in [5.74, 6) is 0. The SMILES string of the molecule is O=[N+]([O-])c1ccccc1-c1ccc2c(c1)-c1ccc(Br)cc1C2(c1ccccc1)c1ccccc1. The van der Waals surface area contributed by atoms with Gasteiger partial charge in [0.15, 0.2) is 0 Å². The second-order valence-electron chi connectivity index (χ2n) is 8.71. The highest BCUT2D eigenvalue weighted by atomic mass is 79.9. The fourth-order valence-electron chi connectivity index (χ4n) is 5.51. The first-order chi connectivity index (χ1) is 17.1. The standard InChI is InChI=1S/C31H20BrNO2/c32-24-16-17-26-27-19-21(25-13-7-8-14-30(25)33(34)35)15-18-28(27)31(29(26)20-24,22-9-3-1-4-10-22)23-11-5-2-6-12-23/h1-20H. The number of halogens is 1. The monoisotopic (exact) mass is 517 g/mol. The summed E-state index contributed by atoms with van der Waals surface area (Å²) >= 11 is 3.71. The fourth-order valence-corrected chi connectivity index (χ4v) is 5.87. The Labute approximate surface area is 212 Å². The van der Waals surface area contributed by atoms with Crippen LogP contribution in [-0.4, -0.2) is 4.92 Å². The molecule has 0 spiro atoms. The molecule has 5 aromatic rings. The maximum Gasteiger partial charge on any atom is 0.277 e. The minimum Gasteiger partial charge on any atom is -0.258 e. The molecule has 0 heterocycles. The Bertz CT molecular complexity index is 1540. The zero-order valence-electron chi connectivity index (χ0n) is 18.7. The Morgan fingerprint density at radius 3 is 1.89 bits per heavy atom. The van der Waals surface area contributed by atoms with Crippen LogP contribution in [0.4, 0.5) is 5.69 Å². The number of rotatable bonds is 4. The second-order valence-corrected chi connectivity index (χ2v) is 9.62. The zero-order chi connectivity index (χ0) is 24.0. The minimum atomic E-state index is -0.502. The lowest BCUT2D eigenvalue weighted by Gasteiger charge is -2.34. The van der Waals surface area contributed by atoms with Crippen LogP contribution in [0.15, 0.2) is 126 Å². The Morgan fingerprint density at radius 1 is 0.600 bits per heavy atom. The van der Waals surface area contributed by atoms with Gasteiger partial charge in [0.1, 0.15) is 0 Å². The van der Waals surface area contributed by atoms with E-state index < -0.39 is 5.41 Å². The van der Waals surface area contributed by atoms with Gasteiger partial charge < -0.3 is 0 Å². The lowest BCUT2D eigenvalue weighted by atomic mass is 9.67. The summed E-state index contributed by atoms with van der Waals surface area (Å²) in [6.45, 7) is 0. The number of para-hydroxylation sites is 1. The number of nitro groups is 1. The van der Waals surface area contributed by atoms with Crippen molar-refractivity contribution in [3.8, 4) is 22.3 Å². The molecular formula is C31H20BrNO2. The highest BCUT2D eigenvalue weighted by Crippen LogP contribution is 2.57. The molecule has 35 heavy (non-hydrogen) atoms. The van der Waals surface area contributed by atoms with Gasteiger partial charge in [0, 0.05) is 10.5 Å². The maximum absolute atomic E-state index is 11.7. The predicted molar refractivity (Wildman–Crippen MR) is 144 cm³/mol.